The molecule has 9 aromatic rings. The second-order valence-electron chi connectivity index (χ2n) is 16.3. The molecule has 0 aliphatic rings. The maximum atomic E-state index is 5.07. The zero-order valence-corrected chi connectivity index (χ0v) is 37.3. The minimum absolute atomic E-state index is 0.607. The molecule has 0 aromatic heterocycles. The SMILES string of the molecule is Cc1cccc(N(Cc2ccc(CN(/N=C/c3ccc(N(c4ccccc4)c4ccccc4)cc3)c3cccc(C)c3)cc2)/N=C/c2ccc(N(c3ccccc3)c3ccccc3)cc2)c1. The van der Waals surface area contributed by atoms with Gasteiger partial charge < -0.3 is 9.80 Å². The van der Waals surface area contributed by atoms with Gasteiger partial charge >= 0.3 is 0 Å². The molecule has 0 aliphatic heterocycles. The number of rotatable bonds is 16. The average molecular weight is 857 g/mol. The van der Waals surface area contributed by atoms with Crippen molar-refractivity contribution in [2.24, 2.45) is 10.2 Å². The molecule has 0 heterocycles. The van der Waals surface area contributed by atoms with E-state index in [1.165, 1.54) is 11.1 Å². The number of anilines is 8. The summed E-state index contributed by atoms with van der Waals surface area (Å²) in [5.74, 6) is 0. The third kappa shape index (κ3) is 10.8. The lowest BCUT2D eigenvalue weighted by Gasteiger charge is -2.25. The summed E-state index contributed by atoms with van der Waals surface area (Å²) in [5.41, 5.74) is 15.4. The second-order valence-corrected chi connectivity index (χ2v) is 16.3. The van der Waals surface area contributed by atoms with Crippen molar-refractivity contribution in [3.63, 3.8) is 0 Å². The number of para-hydroxylation sites is 4. The smallest absolute Gasteiger partial charge is 0.0666 e. The molecule has 6 nitrogen and oxygen atoms in total. The van der Waals surface area contributed by atoms with E-state index in [1.807, 2.05) is 36.7 Å². The minimum Gasteiger partial charge on any atom is -0.311 e. The molecule has 0 N–H and O–H groups in total. The van der Waals surface area contributed by atoms with Crippen LogP contribution in [0, 0.1) is 13.8 Å². The quantitative estimate of drug-likeness (QED) is 0.0717. The van der Waals surface area contributed by atoms with Gasteiger partial charge in [0.25, 0.3) is 0 Å². The van der Waals surface area contributed by atoms with Crippen LogP contribution >= 0.6 is 0 Å². The first-order chi connectivity index (χ1) is 32.5. The van der Waals surface area contributed by atoms with Gasteiger partial charge in [-0.1, -0.05) is 146 Å². The summed E-state index contributed by atoms with van der Waals surface area (Å²) < 4.78 is 0. The largest absolute Gasteiger partial charge is 0.311 e. The zero-order chi connectivity index (χ0) is 44.9. The summed E-state index contributed by atoms with van der Waals surface area (Å²) in [5, 5.41) is 14.3. The Bertz CT molecular complexity index is 2690. The van der Waals surface area contributed by atoms with Crippen LogP contribution in [0.3, 0.4) is 0 Å². The van der Waals surface area contributed by atoms with Gasteiger partial charge in [0, 0.05) is 34.1 Å². The van der Waals surface area contributed by atoms with Gasteiger partial charge in [-0.15, -0.1) is 0 Å². The van der Waals surface area contributed by atoms with Crippen LogP contribution in [-0.2, 0) is 13.1 Å². The number of aryl methyl sites for hydroxylation is 2. The highest BCUT2D eigenvalue weighted by molar-refractivity contribution is 5.84. The van der Waals surface area contributed by atoms with Crippen LogP contribution in [0.4, 0.5) is 45.5 Å². The third-order valence-electron chi connectivity index (χ3n) is 11.3. The standard InChI is InChI=1S/C60H52N6/c1-47-17-15-27-59(41-47)63(61-43-49-33-37-57(38-34-49)65(53-19-7-3-8-20-53)54-21-9-4-10-22-54)45-51-29-31-52(32-30-51)46-64(60-28-16-18-48(2)42-60)62-44-50-35-39-58(40-36-50)66(55-23-11-5-12-24-55)56-25-13-6-14-26-56/h3-44H,45-46H2,1-2H3/b61-43+,62-44+. The number of hydrogen-bond acceptors (Lipinski definition) is 6. The van der Waals surface area contributed by atoms with Crippen molar-refractivity contribution in [3.05, 3.63) is 276 Å². The fourth-order valence-corrected chi connectivity index (χ4v) is 7.96. The maximum Gasteiger partial charge on any atom is 0.0666 e. The average Bonchev–Trinajstić information content (AvgIpc) is 3.37. The van der Waals surface area contributed by atoms with Gasteiger partial charge in [-0.2, -0.15) is 10.2 Å². The lowest BCUT2D eigenvalue weighted by Crippen LogP contribution is -2.17. The molecular formula is C60H52N6. The Labute approximate surface area is 389 Å². The molecule has 66 heavy (non-hydrogen) atoms. The molecule has 0 atom stereocenters. The molecule has 0 saturated heterocycles. The molecule has 0 saturated carbocycles. The van der Waals surface area contributed by atoms with E-state index in [-0.39, 0.29) is 0 Å². The van der Waals surface area contributed by atoms with E-state index in [0.29, 0.717) is 13.1 Å². The van der Waals surface area contributed by atoms with Crippen molar-refractivity contribution in [1.82, 2.24) is 0 Å². The maximum absolute atomic E-state index is 5.07. The van der Waals surface area contributed by atoms with Crippen LogP contribution < -0.4 is 19.8 Å². The summed E-state index contributed by atoms with van der Waals surface area (Å²) in [7, 11) is 0. The van der Waals surface area contributed by atoms with Crippen LogP contribution in [-0.4, -0.2) is 12.4 Å². The Morgan fingerprint density at radius 1 is 0.303 bits per heavy atom. The molecule has 6 heteroatoms. The van der Waals surface area contributed by atoms with Crippen molar-refractivity contribution < 1.29 is 0 Å². The highest BCUT2D eigenvalue weighted by Crippen LogP contribution is 2.35. The molecule has 0 bridgehead atoms. The lowest BCUT2D eigenvalue weighted by molar-refractivity contribution is 0.845. The molecule has 0 amide bonds. The molecule has 9 rings (SSSR count). The van der Waals surface area contributed by atoms with Gasteiger partial charge in [0.1, 0.15) is 0 Å². The van der Waals surface area contributed by atoms with Crippen molar-refractivity contribution in [1.29, 1.82) is 0 Å². The van der Waals surface area contributed by atoms with Crippen LogP contribution in [0.2, 0.25) is 0 Å². The monoisotopic (exact) mass is 856 g/mol. The normalized spacial score (nSPS) is 11.2. The number of hydrogen-bond donors (Lipinski definition) is 0. The fraction of sp³-hybridized carbons (Fsp3) is 0.0667. The van der Waals surface area contributed by atoms with E-state index < -0.39 is 0 Å². The molecule has 9 aromatic carbocycles. The first kappa shape index (κ1) is 42.8. The first-order valence-electron chi connectivity index (χ1n) is 22.4. The second kappa shape index (κ2) is 20.8. The van der Waals surface area contributed by atoms with Crippen LogP contribution in [0.25, 0.3) is 0 Å². The molecule has 0 fully saturated rings. The highest BCUT2D eigenvalue weighted by Gasteiger charge is 2.14. The fourth-order valence-electron chi connectivity index (χ4n) is 7.96. The summed E-state index contributed by atoms with van der Waals surface area (Å²) in [6.45, 7) is 5.45. The molecule has 0 aliphatic carbocycles. The van der Waals surface area contributed by atoms with Crippen molar-refractivity contribution in [2.45, 2.75) is 26.9 Å². The summed E-state index contributed by atoms with van der Waals surface area (Å²) in [4.78, 5) is 4.53. The van der Waals surface area contributed by atoms with E-state index in [4.69, 9.17) is 10.2 Å². The summed E-state index contributed by atoms with van der Waals surface area (Å²) in [6, 6.07) is 84.8. The first-order valence-corrected chi connectivity index (χ1v) is 22.4. The van der Waals surface area contributed by atoms with E-state index >= 15 is 0 Å². The number of benzene rings is 9. The molecule has 0 unspecified atom stereocenters. The van der Waals surface area contributed by atoms with E-state index in [0.717, 1.165) is 67.8 Å². The number of nitrogens with zero attached hydrogens (tertiary/aromatic N) is 6. The van der Waals surface area contributed by atoms with Crippen molar-refractivity contribution >= 4 is 57.9 Å². The predicted molar refractivity (Wildman–Crippen MR) is 279 cm³/mol. The Kier molecular flexibility index (Phi) is 13.5. The van der Waals surface area contributed by atoms with E-state index in [1.54, 1.807) is 0 Å². The van der Waals surface area contributed by atoms with Crippen molar-refractivity contribution in [3.8, 4) is 0 Å². The van der Waals surface area contributed by atoms with Gasteiger partial charge in [-0.3, -0.25) is 10.0 Å². The topological polar surface area (TPSA) is 37.7 Å². The Hall–Kier alpha value is -8.48. The highest BCUT2D eigenvalue weighted by atomic mass is 15.5. The molecular weight excluding hydrogens is 805 g/mol. The lowest BCUT2D eigenvalue weighted by atomic mass is 10.1. The summed E-state index contributed by atoms with van der Waals surface area (Å²) >= 11 is 0. The van der Waals surface area contributed by atoms with Gasteiger partial charge in [0.2, 0.25) is 0 Å². The minimum atomic E-state index is 0.607. The van der Waals surface area contributed by atoms with Gasteiger partial charge in [-0.25, -0.2) is 0 Å². The van der Waals surface area contributed by atoms with E-state index in [2.05, 4.69) is 252 Å². The predicted octanol–water partition coefficient (Wildman–Crippen LogP) is 15.3. The van der Waals surface area contributed by atoms with E-state index in [9.17, 15) is 0 Å². The van der Waals surface area contributed by atoms with Gasteiger partial charge in [0.15, 0.2) is 0 Å². The van der Waals surface area contributed by atoms with Gasteiger partial charge in [-0.05, 0) is 144 Å². The summed E-state index contributed by atoms with van der Waals surface area (Å²) in [6.07, 6.45) is 3.90. The molecule has 0 spiro atoms. The number of hydrazone groups is 2. The Morgan fingerprint density at radius 2 is 0.591 bits per heavy atom. The zero-order valence-electron chi connectivity index (χ0n) is 37.3. The van der Waals surface area contributed by atoms with Crippen LogP contribution in [0.15, 0.2) is 253 Å². The third-order valence-corrected chi connectivity index (χ3v) is 11.3. The Morgan fingerprint density at radius 3 is 0.894 bits per heavy atom. The van der Waals surface area contributed by atoms with Crippen molar-refractivity contribution in [2.75, 3.05) is 19.8 Å². The van der Waals surface area contributed by atoms with Gasteiger partial charge in [0.05, 0.1) is 36.9 Å². The van der Waals surface area contributed by atoms with Crippen LogP contribution in [0.1, 0.15) is 33.4 Å². The van der Waals surface area contributed by atoms with Crippen LogP contribution in [0.5, 0.6) is 0 Å². The molecule has 0 radical (unpaired) electrons. The Balaban J connectivity index is 0.922. The molecule has 322 valence electrons.